The van der Waals surface area contributed by atoms with Crippen LogP contribution in [0.3, 0.4) is 0 Å². The molecule has 0 fully saturated rings. The van der Waals surface area contributed by atoms with Gasteiger partial charge in [0.1, 0.15) is 0 Å². The third-order valence-electron chi connectivity index (χ3n) is 2.65. The van der Waals surface area contributed by atoms with Crippen LogP contribution in [0, 0.1) is 5.41 Å². The molecule has 64 valence electrons. The monoisotopic (exact) mass is 152 g/mol. The van der Waals surface area contributed by atoms with Crippen LogP contribution in [0.2, 0.25) is 0 Å². The highest BCUT2D eigenvalue weighted by Crippen LogP contribution is 2.36. The molecule has 0 aromatic rings. The molecule has 11 heavy (non-hydrogen) atoms. The minimum atomic E-state index is 0.421. The van der Waals surface area contributed by atoms with Gasteiger partial charge in [0.05, 0.1) is 0 Å². The molecule has 1 aliphatic carbocycles. The van der Waals surface area contributed by atoms with Crippen molar-refractivity contribution in [1.82, 2.24) is 0 Å². The van der Waals surface area contributed by atoms with Crippen molar-refractivity contribution in [1.29, 1.82) is 0 Å². The van der Waals surface area contributed by atoms with E-state index in [1.165, 1.54) is 25.7 Å². The molecule has 0 radical (unpaired) electrons. The second-order valence-electron chi connectivity index (χ2n) is 4.72. The molecule has 0 heterocycles. The van der Waals surface area contributed by atoms with Crippen LogP contribution in [0.25, 0.3) is 0 Å². The zero-order valence-corrected chi connectivity index (χ0v) is 8.33. The molecule has 0 aromatic carbocycles. The first-order valence-electron chi connectivity index (χ1n) is 4.71. The van der Waals surface area contributed by atoms with Gasteiger partial charge in [-0.2, -0.15) is 0 Å². The summed E-state index contributed by atoms with van der Waals surface area (Å²) in [7, 11) is 0. The van der Waals surface area contributed by atoms with Crippen molar-refractivity contribution in [3.63, 3.8) is 0 Å². The molecule has 0 aromatic heterocycles. The molecule has 0 bridgehead atoms. The van der Waals surface area contributed by atoms with Gasteiger partial charge in [0.15, 0.2) is 0 Å². The van der Waals surface area contributed by atoms with Crippen LogP contribution in [0.5, 0.6) is 0 Å². The van der Waals surface area contributed by atoms with E-state index in [0.717, 1.165) is 0 Å². The zero-order chi connectivity index (χ0) is 8.48. The largest absolute Gasteiger partial charge is 0.0736 e. The number of hydrogen-bond donors (Lipinski definition) is 0. The molecule has 1 rings (SSSR count). The number of hydrogen-bond acceptors (Lipinski definition) is 0. The van der Waals surface area contributed by atoms with Crippen molar-refractivity contribution in [3.05, 3.63) is 11.1 Å². The Bertz CT molecular complexity index is 167. The van der Waals surface area contributed by atoms with Crippen molar-refractivity contribution in [2.45, 2.75) is 53.4 Å². The summed E-state index contributed by atoms with van der Waals surface area (Å²) < 4.78 is 0. The molecule has 0 aliphatic heterocycles. The Hall–Kier alpha value is -0.260. The topological polar surface area (TPSA) is 0 Å². The Morgan fingerprint density at radius 3 is 1.91 bits per heavy atom. The zero-order valence-electron chi connectivity index (χ0n) is 8.33. The molecule has 0 saturated carbocycles. The van der Waals surface area contributed by atoms with E-state index in [9.17, 15) is 0 Å². The average molecular weight is 152 g/mol. The quantitative estimate of drug-likeness (QED) is 0.461. The van der Waals surface area contributed by atoms with E-state index in [1.54, 1.807) is 11.1 Å². The van der Waals surface area contributed by atoms with Crippen LogP contribution in [-0.2, 0) is 0 Å². The fourth-order valence-corrected chi connectivity index (χ4v) is 2.07. The SMILES string of the molecule is CC1=C(C(C)(C)C)CCCC1. The van der Waals surface area contributed by atoms with Crippen molar-refractivity contribution in [2.24, 2.45) is 5.41 Å². The van der Waals surface area contributed by atoms with Crippen molar-refractivity contribution in [2.75, 3.05) is 0 Å². The van der Waals surface area contributed by atoms with E-state index in [4.69, 9.17) is 0 Å². The Balaban J connectivity index is 2.83. The van der Waals surface area contributed by atoms with Gasteiger partial charge in [-0.15, -0.1) is 0 Å². The summed E-state index contributed by atoms with van der Waals surface area (Å²) >= 11 is 0. The highest BCUT2D eigenvalue weighted by molar-refractivity contribution is 5.20. The van der Waals surface area contributed by atoms with Crippen LogP contribution >= 0.6 is 0 Å². The molecule has 0 atom stereocenters. The number of rotatable bonds is 0. The first-order valence-corrected chi connectivity index (χ1v) is 4.71. The van der Waals surface area contributed by atoms with E-state index in [0.29, 0.717) is 5.41 Å². The molecular weight excluding hydrogens is 132 g/mol. The minimum Gasteiger partial charge on any atom is -0.0736 e. The molecule has 0 N–H and O–H groups in total. The highest BCUT2D eigenvalue weighted by atomic mass is 14.3. The van der Waals surface area contributed by atoms with Gasteiger partial charge in [-0.1, -0.05) is 31.9 Å². The van der Waals surface area contributed by atoms with Gasteiger partial charge in [-0.25, -0.2) is 0 Å². The first kappa shape index (κ1) is 8.83. The Morgan fingerprint density at radius 2 is 1.55 bits per heavy atom. The maximum Gasteiger partial charge on any atom is -0.0170 e. The van der Waals surface area contributed by atoms with Gasteiger partial charge in [0.25, 0.3) is 0 Å². The lowest BCUT2D eigenvalue weighted by atomic mass is 9.77. The lowest BCUT2D eigenvalue weighted by Crippen LogP contribution is -2.14. The molecular formula is C11H20. The Labute approximate surface area is 70.7 Å². The molecule has 1 aliphatic rings. The molecule has 0 nitrogen and oxygen atoms in total. The van der Waals surface area contributed by atoms with Crippen LogP contribution in [0.1, 0.15) is 53.4 Å². The molecule has 0 unspecified atom stereocenters. The second kappa shape index (κ2) is 3.00. The predicted octanol–water partition coefficient (Wildman–Crippen LogP) is 3.92. The van der Waals surface area contributed by atoms with Gasteiger partial charge < -0.3 is 0 Å². The number of allylic oxidation sites excluding steroid dienone is 2. The summed E-state index contributed by atoms with van der Waals surface area (Å²) in [5.74, 6) is 0. The van der Waals surface area contributed by atoms with Crippen molar-refractivity contribution < 1.29 is 0 Å². The van der Waals surface area contributed by atoms with Crippen LogP contribution in [0.4, 0.5) is 0 Å². The Morgan fingerprint density at radius 1 is 1.00 bits per heavy atom. The molecule has 0 amide bonds. The first-order chi connectivity index (χ1) is 5.02. The minimum absolute atomic E-state index is 0.421. The van der Waals surface area contributed by atoms with E-state index in [2.05, 4.69) is 27.7 Å². The fourth-order valence-electron chi connectivity index (χ4n) is 2.07. The molecule has 0 saturated heterocycles. The lowest BCUT2D eigenvalue weighted by molar-refractivity contribution is 0.450. The molecule has 0 heteroatoms. The van der Waals surface area contributed by atoms with Gasteiger partial charge in [-0.05, 0) is 38.0 Å². The van der Waals surface area contributed by atoms with Crippen molar-refractivity contribution in [3.8, 4) is 0 Å². The van der Waals surface area contributed by atoms with Gasteiger partial charge >= 0.3 is 0 Å². The third-order valence-corrected chi connectivity index (χ3v) is 2.65. The van der Waals surface area contributed by atoms with Gasteiger partial charge in [0.2, 0.25) is 0 Å². The van der Waals surface area contributed by atoms with E-state index >= 15 is 0 Å². The lowest BCUT2D eigenvalue weighted by Gasteiger charge is -2.29. The predicted molar refractivity (Wildman–Crippen MR) is 50.6 cm³/mol. The van der Waals surface area contributed by atoms with Crippen molar-refractivity contribution >= 4 is 0 Å². The van der Waals surface area contributed by atoms with E-state index in [1.807, 2.05) is 0 Å². The Kier molecular flexibility index (Phi) is 2.41. The second-order valence-corrected chi connectivity index (χ2v) is 4.72. The molecule has 0 spiro atoms. The maximum absolute atomic E-state index is 2.33. The fraction of sp³-hybridized carbons (Fsp3) is 0.818. The summed E-state index contributed by atoms with van der Waals surface area (Å²) in [6.45, 7) is 9.30. The summed E-state index contributed by atoms with van der Waals surface area (Å²) in [6.07, 6.45) is 5.50. The normalized spacial score (nSPS) is 20.7. The van der Waals surface area contributed by atoms with Gasteiger partial charge in [0, 0.05) is 0 Å². The maximum atomic E-state index is 2.33. The van der Waals surface area contributed by atoms with Gasteiger partial charge in [-0.3, -0.25) is 0 Å². The van der Waals surface area contributed by atoms with E-state index in [-0.39, 0.29) is 0 Å². The van der Waals surface area contributed by atoms with Crippen LogP contribution in [0.15, 0.2) is 11.1 Å². The standard InChI is InChI=1S/C11H20/c1-9-7-5-6-8-10(9)11(2,3)4/h5-8H2,1-4H3. The summed E-state index contributed by atoms with van der Waals surface area (Å²) in [4.78, 5) is 0. The van der Waals surface area contributed by atoms with Crippen LogP contribution < -0.4 is 0 Å². The smallest absolute Gasteiger partial charge is 0.0170 e. The third kappa shape index (κ3) is 2.08. The highest BCUT2D eigenvalue weighted by Gasteiger charge is 2.20. The summed E-state index contributed by atoms with van der Waals surface area (Å²) in [5, 5.41) is 0. The summed E-state index contributed by atoms with van der Waals surface area (Å²) in [5.41, 5.74) is 3.79. The summed E-state index contributed by atoms with van der Waals surface area (Å²) in [6, 6.07) is 0. The average Bonchev–Trinajstić information content (AvgIpc) is 1.86. The van der Waals surface area contributed by atoms with E-state index < -0.39 is 0 Å². The van der Waals surface area contributed by atoms with Crippen LogP contribution in [-0.4, -0.2) is 0 Å².